The van der Waals surface area contributed by atoms with Crippen LogP contribution in [0.2, 0.25) is 0 Å². The first-order valence-corrected chi connectivity index (χ1v) is 8.29. The Morgan fingerprint density at radius 3 is 2.70 bits per heavy atom. The summed E-state index contributed by atoms with van der Waals surface area (Å²) in [6, 6.07) is 11.5. The standard InChI is InChI=1S/C20H22O3/c1-3-4-5-6-11-22-16-9-7-15-8-10-18-20(17(15)13-16)14(2)12-19(21)23-18/h7-10,12-13H,3-6,11H2,1-2H3. The van der Waals surface area contributed by atoms with E-state index in [1.54, 1.807) is 6.07 Å². The van der Waals surface area contributed by atoms with Gasteiger partial charge in [0.15, 0.2) is 0 Å². The molecule has 1 heterocycles. The molecule has 1 aromatic heterocycles. The van der Waals surface area contributed by atoms with E-state index < -0.39 is 0 Å². The van der Waals surface area contributed by atoms with Crippen molar-refractivity contribution in [2.45, 2.75) is 39.5 Å². The predicted octanol–water partition coefficient (Wildman–Crippen LogP) is 5.21. The van der Waals surface area contributed by atoms with Gasteiger partial charge in [-0.3, -0.25) is 0 Å². The summed E-state index contributed by atoms with van der Waals surface area (Å²) in [5.74, 6) is 0.868. The second-order valence-electron chi connectivity index (χ2n) is 5.98. The Bertz CT molecular complexity index is 877. The summed E-state index contributed by atoms with van der Waals surface area (Å²) in [5, 5.41) is 3.17. The molecule has 0 unspecified atom stereocenters. The molecule has 0 saturated carbocycles. The van der Waals surface area contributed by atoms with Crippen molar-refractivity contribution < 1.29 is 9.15 Å². The molecule has 0 aliphatic carbocycles. The largest absolute Gasteiger partial charge is 0.494 e. The van der Waals surface area contributed by atoms with Crippen LogP contribution in [0.25, 0.3) is 21.7 Å². The fraction of sp³-hybridized carbons (Fsp3) is 0.350. The fourth-order valence-corrected chi connectivity index (χ4v) is 2.97. The normalized spacial score (nSPS) is 11.2. The first-order valence-electron chi connectivity index (χ1n) is 8.29. The Balaban J connectivity index is 1.94. The summed E-state index contributed by atoms with van der Waals surface area (Å²) in [5.41, 5.74) is 1.25. The van der Waals surface area contributed by atoms with Gasteiger partial charge in [0.05, 0.1) is 6.61 Å². The highest BCUT2D eigenvalue weighted by atomic mass is 16.5. The molecule has 0 atom stereocenters. The average Bonchev–Trinajstić information content (AvgIpc) is 2.53. The molecule has 0 amide bonds. The number of hydrogen-bond donors (Lipinski definition) is 0. The van der Waals surface area contributed by atoms with Crippen molar-refractivity contribution in [1.29, 1.82) is 0 Å². The van der Waals surface area contributed by atoms with Crippen LogP contribution in [0.3, 0.4) is 0 Å². The summed E-state index contributed by atoms with van der Waals surface area (Å²) in [7, 11) is 0. The van der Waals surface area contributed by atoms with Gasteiger partial charge in [-0.25, -0.2) is 4.79 Å². The molecule has 0 fully saturated rings. The lowest BCUT2D eigenvalue weighted by molar-refractivity contribution is 0.305. The van der Waals surface area contributed by atoms with Crippen LogP contribution in [0.15, 0.2) is 45.6 Å². The maximum Gasteiger partial charge on any atom is 0.336 e. The second kappa shape index (κ2) is 6.86. The van der Waals surface area contributed by atoms with Crippen molar-refractivity contribution in [2.24, 2.45) is 0 Å². The molecule has 0 aliphatic rings. The number of benzene rings is 2. The van der Waals surface area contributed by atoms with Crippen LogP contribution >= 0.6 is 0 Å². The first-order chi connectivity index (χ1) is 11.2. The van der Waals surface area contributed by atoms with Crippen molar-refractivity contribution in [3.8, 4) is 5.75 Å². The second-order valence-corrected chi connectivity index (χ2v) is 5.98. The third-order valence-corrected chi connectivity index (χ3v) is 4.16. The number of fused-ring (bicyclic) bond motifs is 3. The molecule has 3 rings (SSSR count). The molecular formula is C20H22O3. The molecule has 3 aromatic rings. The highest BCUT2D eigenvalue weighted by Gasteiger charge is 2.08. The van der Waals surface area contributed by atoms with Gasteiger partial charge in [0.1, 0.15) is 11.3 Å². The van der Waals surface area contributed by atoms with Gasteiger partial charge in [-0.2, -0.15) is 0 Å². The lowest BCUT2D eigenvalue weighted by atomic mass is 10.0. The van der Waals surface area contributed by atoms with Gasteiger partial charge in [-0.1, -0.05) is 38.3 Å². The molecular weight excluding hydrogens is 288 g/mol. The molecule has 0 spiro atoms. The Morgan fingerprint density at radius 2 is 1.87 bits per heavy atom. The number of rotatable bonds is 6. The summed E-state index contributed by atoms with van der Waals surface area (Å²) < 4.78 is 11.2. The highest BCUT2D eigenvalue weighted by molar-refractivity contribution is 6.07. The highest BCUT2D eigenvalue weighted by Crippen LogP contribution is 2.30. The molecule has 120 valence electrons. The van der Waals surface area contributed by atoms with Gasteiger partial charge in [0, 0.05) is 11.5 Å². The minimum atomic E-state index is -0.308. The third-order valence-electron chi connectivity index (χ3n) is 4.16. The molecule has 0 aliphatic heterocycles. The van der Waals surface area contributed by atoms with E-state index in [0.717, 1.165) is 40.5 Å². The van der Waals surface area contributed by atoms with Crippen LogP contribution in [0.1, 0.15) is 38.2 Å². The molecule has 0 bridgehead atoms. The Hall–Kier alpha value is -2.29. The Kier molecular flexibility index (Phi) is 4.65. The number of hydrogen-bond acceptors (Lipinski definition) is 3. The van der Waals surface area contributed by atoms with Crippen molar-refractivity contribution in [2.75, 3.05) is 6.61 Å². The van der Waals surface area contributed by atoms with Gasteiger partial charge in [-0.15, -0.1) is 0 Å². The zero-order valence-electron chi connectivity index (χ0n) is 13.7. The summed E-state index contributed by atoms with van der Waals surface area (Å²) in [4.78, 5) is 11.5. The van der Waals surface area contributed by atoms with Gasteiger partial charge >= 0.3 is 5.63 Å². The molecule has 3 heteroatoms. The van der Waals surface area contributed by atoms with E-state index in [1.807, 2.05) is 31.2 Å². The van der Waals surface area contributed by atoms with Crippen molar-refractivity contribution in [1.82, 2.24) is 0 Å². The molecule has 2 aromatic carbocycles. The molecule has 0 saturated heterocycles. The predicted molar refractivity (Wildman–Crippen MR) is 94.4 cm³/mol. The van der Waals surface area contributed by atoms with Crippen LogP contribution in [0.4, 0.5) is 0 Å². The Labute approximate surface area is 135 Å². The van der Waals surface area contributed by atoms with Gasteiger partial charge in [-0.05, 0) is 47.9 Å². The first kappa shape index (κ1) is 15.6. The fourth-order valence-electron chi connectivity index (χ4n) is 2.97. The third kappa shape index (κ3) is 3.39. The summed E-state index contributed by atoms with van der Waals surface area (Å²) in [6.45, 7) is 4.89. The lowest BCUT2D eigenvalue weighted by Crippen LogP contribution is -1.99. The van der Waals surface area contributed by atoms with E-state index in [1.165, 1.54) is 19.3 Å². The smallest absolute Gasteiger partial charge is 0.336 e. The molecule has 3 nitrogen and oxygen atoms in total. The maximum absolute atomic E-state index is 11.5. The van der Waals surface area contributed by atoms with Crippen LogP contribution in [-0.2, 0) is 0 Å². The van der Waals surface area contributed by atoms with E-state index in [9.17, 15) is 4.79 Å². The minimum absolute atomic E-state index is 0.308. The monoisotopic (exact) mass is 310 g/mol. The minimum Gasteiger partial charge on any atom is -0.494 e. The van der Waals surface area contributed by atoms with Gasteiger partial charge < -0.3 is 9.15 Å². The van der Waals surface area contributed by atoms with E-state index in [4.69, 9.17) is 9.15 Å². The molecule has 0 N–H and O–H groups in total. The van der Waals surface area contributed by atoms with Crippen LogP contribution in [-0.4, -0.2) is 6.61 Å². The SMILES string of the molecule is CCCCCCOc1ccc2ccc3oc(=O)cc(C)c3c2c1. The Morgan fingerprint density at radius 1 is 1.04 bits per heavy atom. The number of ether oxygens (including phenoxy) is 1. The topological polar surface area (TPSA) is 39.4 Å². The van der Waals surface area contributed by atoms with E-state index in [2.05, 4.69) is 13.0 Å². The molecule has 0 radical (unpaired) electrons. The van der Waals surface area contributed by atoms with Gasteiger partial charge in [0.2, 0.25) is 0 Å². The van der Waals surface area contributed by atoms with Crippen molar-refractivity contribution >= 4 is 21.7 Å². The van der Waals surface area contributed by atoms with Gasteiger partial charge in [0.25, 0.3) is 0 Å². The van der Waals surface area contributed by atoms with Crippen LogP contribution in [0, 0.1) is 6.92 Å². The van der Waals surface area contributed by atoms with E-state index >= 15 is 0 Å². The quantitative estimate of drug-likeness (QED) is 0.356. The lowest BCUT2D eigenvalue weighted by Gasteiger charge is -2.09. The zero-order chi connectivity index (χ0) is 16.2. The van der Waals surface area contributed by atoms with Crippen molar-refractivity contribution in [3.63, 3.8) is 0 Å². The van der Waals surface area contributed by atoms with Crippen molar-refractivity contribution in [3.05, 3.63) is 52.4 Å². The maximum atomic E-state index is 11.5. The zero-order valence-corrected chi connectivity index (χ0v) is 13.7. The van der Waals surface area contributed by atoms with E-state index in [-0.39, 0.29) is 5.63 Å². The van der Waals surface area contributed by atoms with E-state index in [0.29, 0.717) is 5.58 Å². The average molecular weight is 310 g/mol. The molecule has 23 heavy (non-hydrogen) atoms. The van der Waals surface area contributed by atoms with Crippen LogP contribution in [0.5, 0.6) is 5.75 Å². The summed E-state index contributed by atoms with van der Waals surface area (Å²) in [6.07, 6.45) is 4.77. The van der Waals surface area contributed by atoms with Crippen LogP contribution < -0.4 is 10.4 Å². The number of unbranched alkanes of at least 4 members (excludes halogenated alkanes) is 3. The number of aryl methyl sites for hydroxylation is 1. The summed E-state index contributed by atoms with van der Waals surface area (Å²) >= 11 is 0.